The topological polar surface area (TPSA) is 53.3 Å². The summed E-state index contributed by atoms with van der Waals surface area (Å²) in [6.07, 6.45) is 6.12. The Bertz CT molecular complexity index is 373. The average molecular weight is 262 g/mol. The molecule has 19 heavy (non-hydrogen) atoms. The van der Waals surface area contributed by atoms with E-state index >= 15 is 0 Å². The van der Waals surface area contributed by atoms with Crippen LogP contribution in [0.5, 0.6) is 0 Å². The Morgan fingerprint density at radius 2 is 1.68 bits per heavy atom. The first-order chi connectivity index (χ1) is 9.23. The van der Waals surface area contributed by atoms with Crippen LogP contribution in [0, 0.1) is 28.6 Å². The number of amides is 1. The summed E-state index contributed by atoms with van der Waals surface area (Å²) in [5.41, 5.74) is -0.804. The zero-order chi connectivity index (χ0) is 13.3. The predicted molar refractivity (Wildman–Crippen MR) is 70.1 cm³/mol. The minimum absolute atomic E-state index is 0.0806. The molecule has 3 fully saturated rings. The zero-order valence-corrected chi connectivity index (χ0v) is 11.4. The minimum Gasteiger partial charge on any atom is -0.381 e. The van der Waals surface area contributed by atoms with Crippen molar-refractivity contribution in [2.75, 3.05) is 26.3 Å². The van der Waals surface area contributed by atoms with E-state index in [1.165, 1.54) is 25.7 Å². The molecule has 1 saturated heterocycles. The van der Waals surface area contributed by atoms with Crippen molar-refractivity contribution in [2.24, 2.45) is 17.3 Å². The molecular weight excluding hydrogens is 240 g/mol. The Kier molecular flexibility index (Phi) is 3.49. The third-order valence-corrected chi connectivity index (χ3v) is 4.61. The SMILES string of the molecule is N#CC1(C(=O)N(CC2CC2)CC2CC2)CCOCC1. The molecule has 1 amide bonds. The fourth-order valence-electron chi connectivity index (χ4n) is 2.86. The van der Waals surface area contributed by atoms with Gasteiger partial charge in [0.2, 0.25) is 5.91 Å². The van der Waals surface area contributed by atoms with Gasteiger partial charge in [0.1, 0.15) is 5.41 Å². The van der Waals surface area contributed by atoms with Gasteiger partial charge in [-0.25, -0.2) is 0 Å². The van der Waals surface area contributed by atoms with Gasteiger partial charge in [-0.2, -0.15) is 5.26 Å². The van der Waals surface area contributed by atoms with Gasteiger partial charge >= 0.3 is 0 Å². The largest absolute Gasteiger partial charge is 0.381 e. The van der Waals surface area contributed by atoms with Crippen LogP contribution in [-0.2, 0) is 9.53 Å². The van der Waals surface area contributed by atoms with Crippen molar-refractivity contribution in [1.82, 2.24) is 4.90 Å². The van der Waals surface area contributed by atoms with Gasteiger partial charge in [0.15, 0.2) is 0 Å². The fraction of sp³-hybridized carbons (Fsp3) is 0.867. The van der Waals surface area contributed by atoms with E-state index in [0.717, 1.165) is 13.1 Å². The molecule has 0 radical (unpaired) electrons. The quantitative estimate of drug-likeness (QED) is 0.761. The van der Waals surface area contributed by atoms with Crippen LogP contribution in [0.25, 0.3) is 0 Å². The maximum Gasteiger partial charge on any atom is 0.243 e. The Morgan fingerprint density at radius 1 is 1.16 bits per heavy atom. The van der Waals surface area contributed by atoms with Crippen LogP contribution in [0.2, 0.25) is 0 Å². The summed E-state index contributed by atoms with van der Waals surface area (Å²) < 4.78 is 5.32. The van der Waals surface area contributed by atoms with E-state index in [0.29, 0.717) is 37.9 Å². The number of ether oxygens (including phenoxy) is 1. The molecule has 4 heteroatoms. The van der Waals surface area contributed by atoms with E-state index in [1.54, 1.807) is 0 Å². The van der Waals surface area contributed by atoms with Gasteiger partial charge in [0.25, 0.3) is 0 Å². The third kappa shape index (κ3) is 2.92. The number of nitrogens with zero attached hydrogens (tertiary/aromatic N) is 2. The number of carbonyl (C=O) groups is 1. The van der Waals surface area contributed by atoms with Crippen LogP contribution >= 0.6 is 0 Å². The monoisotopic (exact) mass is 262 g/mol. The molecule has 3 rings (SSSR count). The summed E-state index contributed by atoms with van der Waals surface area (Å²) in [7, 11) is 0. The van der Waals surface area contributed by atoms with Gasteiger partial charge in [-0.3, -0.25) is 4.79 Å². The van der Waals surface area contributed by atoms with Crippen molar-refractivity contribution >= 4 is 5.91 Å². The first-order valence-electron chi connectivity index (χ1n) is 7.52. The average Bonchev–Trinajstić information content (AvgIpc) is 3.33. The highest BCUT2D eigenvalue weighted by Crippen LogP contribution is 2.38. The van der Waals surface area contributed by atoms with Crippen molar-refractivity contribution in [2.45, 2.75) is 38.5 Å². The van der Waals surface area contributed by atoms with Gasteiger partial charge in [-0.1, -0.05) is 0 Å². The second-order valence-corrected chi connectivity index (χ2v) is 6.40. The van der Waals surface area contributed by atoms with Crippen LogP contribution in [0.3, 0.4) is 0 Å². The lowest BCUT2D eigenvalue weighted by atomic mass is 9.80. The smallest absolute Gasteiger partial charge is 0.243 e. The van der Waals surface area contributed by atoms with Crippen LogP contribution in [0.4, 0.5) is 0 Å². The summed E-state index contributed by atoms with van der Waals surface area (Å²) >= 11 is 0. The zero-order valence-electron chi connectivity index (χ0n) is 11.4. The normalized spacial score (nSPS) is 25.6. The second kappa shape index (κ2) is 5.13. The highest BCUT2D eigenvalue weighted by atomic mass is 16.5. The number of rotatable bonds is 5. The molecule has 0 unspecified atom stereocenters. The molecule has 2 aliphatic carbocycles. The molecule has 1 heterocycles. The molecule has 0 N–H and O–H groups in total. The van der Waals surface area contributed by atoms with E-state index in [2.05, 4.69) is 6.07 Å². The molecule has 1 aliphatic heterocycles. The molecule has 104 valence electrons. The summed E-state index contributed by atoms with van der Waals surface area (Å²) in [5, 5.41) is 9.51. The lowest BCUT2D eigenvalue weighted by Crippen LogP contribution is -2.47. The van der Waals surface area contributed by atoms with Gasteiger partial charge < -0.3 is 9.64 Å². The fourth-order valence-corrected chi connectivity index (χ4v) is 2.86. The van der Waals surface area contributed by atoms with Crippen molar-refractivity contribution in [3.63, 3.8) is 0 Å². The molecule has 0 bridgehead atoms. The van der Waals surface area contributed by atoms with Crippen molar-refractivity contribution < 1.29 is 9.53 Å². The molecule has 0 atom stereocenters. The van der Waals surface area contributed by atoms with Gasteiger partial charge in [0.05, 0.1) is 6.07 Å². The molecule has 2 saturated carbocycles. The van der Waals surface area contributed by atoms with Gasteiger partial charge in [-0.15, -0.1) is 0 Å². The van der Waals surface area contributed by atoms with E-state index in [1.807, 2.05) is 4.90 Å². The first kappa shape index (κ1) is 12.9. The number of nitriles is 1. The van der Waals surface area contributed by atoms with E-state index < -0.39 is 5.41 Å². The number of carbonyl (C=O) groups excluding carboxylic acids is 1. The lowest BCUT2D eigenvalue weighted by Gasteiger charge is -2.35. The number of hydrogen-bond donors (Lipinski definition) is 0. The second-order valence-electron chi connectivity index (χ2n) is 6.40. The Morgan fingerprint density at radius 3 is 2.11 bits per heavy atom. The van der Waals surface area contributed by atoms with Crippen LogP contribution < -0.4 is 0 Å². The van der Waals surface area contributed by atoms with E-state index in [9.17, 15) is 10.1 Å². The lowest BCUT2D eigenvalue weighted by molar-refractivity contribution is -0.144. The maximum atomic E-state index is 12.8. The molecule has 4 nitrogen and oxygen atoms in total. The minimum atomic E-state index is -0.804. The third-order valence-electron chi connectivity index (χ3n) is 4.61. The summed E-state index contributed by atoms with van der Waals surface area (Å²) in [6, 6.07) is 2.31. The maximum absolute atomic E-state index is 12.8. The van der Waals surface area contributed by atoms with Gasteiger partial charge in [0, 0.05) is 26.3 Å². The van der Waals surface area contributed by atoms with Crippen molar-refractivity contribution in [1.29, 1.82) is 5.26 Å². The highest BCUT2D eigenvalue weighted by Gasteiger charge is 2.45. The Hall–Kier alpha value is -1.08. The van der Waals surface area contributed by atoms with Crippen LogP contribution in [-0.4, -0.2) is 37.1 Å². The Balaban J connectivity index is 1.70. The summed E-state index contributed by atoms with van der Waals surface area (Å²) in [4.78, 5) is 14.8. The predicted octanol–water partition coefficient (Wildman–Crippen LogP) is 1.96. The Labute approximate surface area is 114 Å². The van der Waals surface area contributed by atoms with E-state index in [4.69, 9.17) is 4.74 Å². The van der Waals surface area contributed by atoms with Crippen molar-refractivity contribution in [3.05, 3.63) is 0 Å². The van der Waals surface area contributed by atoms with Crippen LogP contribution in [0.15, 0.2) is 0 Å². The number of hydrogen-bond acceptors (Lipinski definition) is 3. The molecule has 0 spiro atoms. The molecule has 0 aromatic heterocycles. The van der Waals surface area contributed by atoms with Crippen molar-refractivity contribution in [3.8, 4) is 6.07 Å². The van der Waals surface area contributed by atoms with Crippen LogP contribution in [0.1, 0.15) is 38.5 Å². The molecule has 3 aliphatic rings. The van der Waals surface area contributed by atoms with Gasteiger partial charge in [-0.05, 0) is 50.4 Å². The first-order valence-corrected chi connectivity index (χ1v) is 7.52. The highest BCUT2D eigenvalue weighted by molar-refractivity contribution is 5.85. The summed E-state index contributed by atoms with van der Waals surface area (Å²) in [5.74, 6) is 1.47. The molecular formula is C15H22N2O2. The van der Waals surface area contributed by atoms with E-state index in [-0.39, 0.29) is 5.91 Å². The summed E-state index contributed by atoms with van der Waals surface area (Å²) in [6.45, 7) is 2.83. The standard InChI is InChI=1S/C15H22N2O2/c16-11-15(5-7-19-8-6-15)14(18)17(9-12-1-2-12)10-13-3-4-13/h12-13H,1-10H2. The molecule has 0 aromatic rings. The molecule has 0 aromatic carbocycles.